The van der Waals surface area contributed by atoms with Crippen molar-refractivity contribution in [3.8, 4) is 5.75 Å². The number of fused-ring (bicyclic) bond motifs is 1. The molecule has 1 aromatic rings. The number of para-hydroxylation sites is 1. The molecule has 3 unspecified atom stereocenters. The minimum Gasteiger partial charge on any atom is -0.493 e. The fraction of sp³-hybridized carbons (Fsp3) is 0.600. The van der Waals surface area contributed by atoms with E-state index in [1.54, 1.807) is 0 Å². The molecule has 2 aliphatic rings. The summed E-state index contributed by atoms with van der Waals surface area (Å²) in [4.78, 5) is 0. The highest BCUT2D eigenvalue weighted by atomic mass is 32.2. The first-order valence-corrected chi connectivity index (χ1v) is 7.77. The monoisotopic (exact) mass is 264 g/mol. The van der Waals surface area contributed by atoms with Crippen LogP contribution in [0.25, 0.3) is 0 Å². The topological polar surface area (TPSA) is 29.5 Å². The first-order valence-electron chi connectivity index (χ1n) is 6.72. The molecule has 98 valence electrons. The maximum Gasteiger partial charge on any atom is 0.122 e. The Labute approximate surface area is 113 Å². The van der Waals surface area contributed by atoms with Gasteiger partial charge in [-0.3, -0.25) is 0 Å². The summed E-state index contributed by atoms with van der Waals surface area (Å²) in [6.07, 6.45) is 2.83. The van der Waals surface area contributed by atoms with Crippen LogP contribution in [-0.2, 0) is 0 Å². The van der Waals surface area contributed by atoms with Crippen LogP contribution < -0.4 is 4.74 Å². The minimum atomic E-state index is -0.473. The molecule has 2 heterocycles. The molecular formula is C15H20O2S. The third kappa shape index (κ3) is 2.39. The molecule has 0 radical (unpaired) electrons. The Morgan fingerprint density at radius 1 is 1.44 bits per heavy atom. The Bertz CT molecular complexity index is 434. The highest BCUT2D eigenvalue weighted by molar-refractivity contribution is 8.00. The van der Waals surface area contributed by atoms with E-state index in [1.165, 1.54) is 5.56 Å². The lowest BCUT2D eigenvalue weighted by Crippen LogP contribution is -2.32. The van der Waals surface area contributed by atoms with E-state index in [0.717, 1.165) is 37.4 Å². The molecule has 0 aromatic heterocycles. The molecule has 1 N–H and O–H groups in total. The van der Waals surface area contributed by atoms with Gasteiger partial charge in [0.2, 0.25) is 0 Å². The molecule has 2 nitrogen and oxygen atoms in total. The summed E-state index contributed by atoms with van der Waals surface area (Å²) < 4.78 is 5.69. The Morgan fingerprint density at radius 3 is 3.06 bits per heavy atom. The van der Waals surface area contributed by atoms with Crippen LogP contribution in [0.2, 0.25) is 0 Å². The average molecular weight is 264 g/mol. The first kappa shape index (κ1) is 12.4. The lowest BCUT2D eigenvalue weighted by Gasteiger charge is -2.31. The second kappa shape index (κ2) is 4.78. The summed E-state index contributed by atoms with van der Waals surface area (Å²) in [5, 5.41) is 11.3. The van der Waals surface area contributed by atoms with Gasteiger partial charge in [0.1, 0.15) is 5.75 Å². The highest BCUT2D eigenvalue weighted by Gasteiger charge is 2.39. The first-order chi connectivity index (χ1) is 8.66. The number of rotatable bonds is 2. The number of benzene rings is 1. The van der Waals surface area contributed by atoms with Crippen molar-refractivity contribution in [3.05, 3.63) is 29.8 Å². The molecule has 3 heteroatoms. The zero-order valence-electron chi connectivity index (χ0n) is 10.8. The van der Waals surface area contributed by atoms with E-state index in [-0.39, 0.29) is 0 Å². The van der Waals surface area contributed by atoms with Gasteiger partial charge in [-0.15, -0.1) is 0 Å². The molecular weight excluding hydrogens is 244 g/mol. The minimum absolute atomic E-state index is 0.450. The maximum absolute atomic E-state index is 10.7. The molecule has 2 aliphatic heterocycles. The maximum atomic E-state index is 10.7. The van der Waals surface area contributed by atoms with Crippen LogP contribution in [0.3, 0.4) is 0 Å². The standard InChI is InChI=1S/C15H20O2S/c1-11-8-15(16,10-18-11)9-12-6-7-17-14-5-3-2-4-13(12)14/h2-5,11-12,16H,6-10H2,1H3. The van der Waals surface area contributed by atoms with Crippen LogP contribution in [0.5, 0.6) is 5.75 Å². The Hall–Kier alpha value is -0.670. The van der Waals surface area contributed by atoms with Crippen molar-refractivity contribution in [3.63, 3.8) is 0 Å². The van der Waals surface area contributed by atoms with Crippen LogP contribution in [0.4, 0.5) is 0 Å². The number of ether oxygens (including phenoxy) is 1. The van der Waals surface area contributed by atoms with Gasteiger partial charge in [-0.25, -0.2) is 0 Å². The van der Waals surface area contributed by atoms with Crippen LogP contribution in [0.1, 0.15) is 37.7 Å². The second-order valence-electron chi connectivity index (χ2n) is 5.63. The average Bonchev–Trinajstić information content (AvgIpc) is 2.70. The highest BCUT2D eigenvalue weighted by Crippen LogP contribution is 2.44. The SMILES string of the molecule is CC1CC(O)(CC2CCOc3ccccc32)CS1. The van der Waals surface area contributed by atoms with Gasteiger partial charge >= 0.3 is 0 Å². The summed E-state index contributed by atoms with van der Waals surface area (Å²) in [7, 11) is 0. The smallest absolute Gasteiger partial charge is 0.122 e. The van der Waals surface area contributed by atoms with E-state index in [1.807, 2.05) is 23.9 Å². The molecule has 1 saturated heterocycles. The van der Waals surface area contributed by atoms with E-state index >= 15 is 0 Å². The second-order valence-corrected chi connectivity index (χ2v) is 7.05. The zero-order valence-corrected chi connectivity index (χ0v) is 11.6. The van der Waals surface area contributed by atoms with E-state index in [9.17, 15) is 5.11 Å². The van der Waals surface area contributed by atoms with Gasteiger partial charge in [-0.1, -0.05) is 25.1 Å². The number of aliphatic hydroxyl groups is 1. The third-order valence-corrected chi connectivity index (χ3v) is 5.45. The van der Waals surface area contributed by atoms with E-state index < -0.39 is 5.60 Å². The molecule has 3 rings (SSSR count). The molecule has 1 fully saturated rings. The van der Waals surface area contributed by atoms with Gasteiger partial charge in [0, 0.05) is 11.0 Å². The summed E-state index contributed by atoms with van der Waals surface area (Å²) in [5.41, 5.74) is 0.806. The van der Waals surface area contributed by atoms with Gasteiger partial charge in [0.15, 0.2) is 0 Å². The predicted molar refractivity (Wildman–Crippen MR) is 75.4 cm³/mol. The summed E-state index contributed by atoms with van der Waals surface area (Å²) in [5.74, 6) is 2.34. The van der Waals surface area contributed by atoms with Gasteiger partial charge in [0.05, 0.1) is 12.2 Å². The van der Waals surface area contributed by atoms with Crippen molar-refractivity contribution >= 4 is 11.8 Å². The van der Waals surface area contributed by atoms with Crippen LogP contribution >= 0.6 is 11.8 Å². The van der Waals surface area contributed by atoms with Crippen LogP contribution in [0.15, 0.2) is 24.3 Å². The molecule has 0 spiro atoms. The number of hydrogen-bond donors (Lipinski definition) is 1. The van der Waals surface area contributed by atoms with Crippen molar-refractivity contribution in [2.75, 3.05) is 12.4 Å². The molecule has 0 bridgehead atoms. The Morgan fingerprint density at radius 2 is 2.28 bits per heavy atom. The molecule has 0 amide bonds. The Balaban J connectivity index is 1.78. The Kier molecular flexibility index (Phi) is 3.29. The zero-order chi connectivity index (χ0) is 12.6. The van der Waals surface area contributed by atoms with E-state index in [4.69, 9.17) is 4.74 Å². The van der Waals surface area contributed by atoms with Crippen molar-refractivity contribution in [2.24, 2.45) is 0 Å². The van der Waals surface area contributed by atoms with E-state index in [0.29, 0.717) is 11.2 Å². The molecule has 1 aromatic carbocycles. The third-order valence-electron chi connectivity index (χ3n) is 4.01. The fourth-order valence-electron chi connectivity index (χ4n) is 3.18. The normalized spacial score (nSPS) is 35.0. The number of hydrogen-bond acceptors (Lipinski definition) is 3. The molecule has 0 aliphatic carbocycles. The fourth-order valence-corrected chi connectivity index (χ4v) is 4.44. The lowest BCUT2D eigenvalue weighted by atomic mass is 9.82. The summed E-state index contributed by atoms with van der Waals surface area (Å²) in [6, 6.07) is 8.27. The van der Waals surface area contributed by atoms with Gasteiger partial charge < -0.3 is 9.84 Å². The van der Waals surface area contributed by atoms with Crippen molar-refractivity contribution < 1.29 is 9.84 Å². The van der Waals surface area contributed by atoms with Crippen LogP contribution in [0, 0.1) is 0 Å². The summed E-state index contributed by atoms with van der Waals surface area (Å²) in [6.45, 7) is 2.99. The molecule has 18 heavy (non-hydrogen) atoms. The van der Waals surface area contributed by atoms with Crippen molar-refractivity contribution in [2.45, 2.75) is 43.0 Å². The number of thioether (sulfide) groups is 1. The van der Waals surface area contributed by atoms with E-state index in [2.05, 4.69) is 19.1 Å². The lowest BCUT2D eigenvalue weighted by molar-refractivity contribution is 0.0424. The quantitative estimate of drug-likeness (QED) is 0.889. The van der Waals surface area contributed by atoms with Crippen LogP contribution in [-0.4, -0.2) is 28.3 Å². The summed E-state index contributed by atoms with van der Waals surface area (Å²) >= 11 is 1.89. The van der Waals surface area contributed by atoms with Crippen molar-refractivity contribution in [1.82, 2.24) is 0 Å². The largest absolute Gasteiger partial charge is 0.493 e. The predicted octanol–water partition coefficient (Wildman–Crippen LogP) is 3.20. The van der Waals surface area contributed by atoms with Gasteiger partial charge in [-0.05, 0) is 36.8 Å². The molecule has 0 saturated carbocycles. The van der Waals surface area contributed by atoms with Gasteiger partial charge in [-0.2, -0.15) is 11.8 Å². The molecule has 3 atom stereocenters. The van der Waals surface area contributed by atoms with Gasteiger partial charge in [0.25, 0.3) is 0 Å². The van der Waals surface area contributed by atoms with Crippen molar-refractivity contribution in [1.29, 1.82) is 0 Å².